The average Bonchev–Trinajstić information content (AvgIpc) is 3.03. The van der Waals surface area contributed by atoms with Crippen LogP contribution in [0.5, 0.6) is 0 Å². The van der Waals surface area contributed by atoms with E-state index in [0.717, 1.165) is 11.1 Å². The molecule has 1 saturated carbocycles. The standard InChI is InChI=1S/C29H38N10O4/c1-18-19(2)26(23(35-38-31)14-22(18)33-3)43-29-25(36-39-32)28(41-17-21-12-8-5-9-13-21)27(24(42-29)15-34-37-30)40-16-20-10-6-4-7-11-20/h4-13,18-19,22-29,33H,14-17H2,1-3H3/t18?,19-,22-,23?,24?,25?,26+,27-,28-,29-/m1/s1. The molecule has 0 amide bonds. The minimum Gasteiger partial charge on any atom is -0.370 e. The van der Waals surface area contributed by atoms with Crippen LogP contribution in [0.4, 0.5) is 0 Å². The Balaban J connectivity index is 1.68. The van der Waals surface area contributed by atoms with Crippen LogP contribution in [-0.4, -0.2) is 62.4 Å². The van der Waals surface area contributed by atoms with Crippen LogP contribution >= 0.6 is 0 Å². The molecule has 10 atom stereocenters. The van der Waals surface area contributed by atoms with Gasteiger partial charge in [0.05, 0.1) is 38.0 Å². The second kappa shape index (κ2) is 16.1. The van der Waals surface area contributed by atoms with E-state index in [0.29, 0.717) is 6.42 Å². The summed E-state index contributed by atoms with van der Waals surface area (Å²) in [5.74, 6) is 0.149. The Bertz CT molecular complexity index is 1300. The van der Waals surface area contributed by atoms with E-state index in [1.54, 1.807) is 0 Å². The van der Waals surface area contributed by atoms with Crippen LogP contribution in [0.15, 0.2) is 76.0 Å². The van der Waals surface area contributed by atoms with Gasteiger partial charge in [0.1, 0.15) is 18.2 Å². The summed E-state index contributed by atoms with van der Waals surface area (Å²) in [7, 11) is 1.88. The van der Waals surface area contributed by atoms with Gasteiger partial charge in [-0.2, -0.15) is 0 Å². The Labute approximate surface area is 250 Å². The predicted molar refractivity (Wildman–Crippen MR) is 159 cm³/mol. The van der Waals surface area contributed by atoms with Gasteiger partial charge in [0.2, 0.25) is 0 Å². The minimum atomic E-state index is -1.09. The normalized spacial score (nSPS) is 32.1. The molecule has 1 saturated heterocycles. The lowest BCUT2D eigenvalue weighted by molar-refractivity contribution is -0.294. The van der Waals surface area contributed by atoms with Gasteiger partial charge in [0.25, 0.3) is 0 Å². The molecule has 14 heteroatoms. The molecule has 2 aromatic rings. The Morgan fingerprint density at radius 1 is 0.814 bits per heavy atom. The maximum atomic E-state index is 9.65. The smallest absolute Gasteiger partial charge is 0.169 e. The highest BCUT2D eigenvalue weighted by Crippen LogP contribution is 2.38. The molecule has 228 valence electrons. The van der Waals surface area contributed by atoms with Crippen LogP contribution in [0, 0.1) is 11.8 Å². The van der Waals surface area contributed by atoms with Gasteiger partial charge in [0.15, 0.2) is 6.29 Å². The third-order valence-corrected chi connectivity index (χ3v) is 8.41. The van der Waals surface area contributed by atoms with Crippen molar-refractivity contribution in [2.24, 2.45) is 27.2 Å². The number of rotatable bonds is 13. The maximum Gasteiger partial charge on any atom is 0.169 e. The van der Waals surface area contributed by atoms with Crippen molar-refractivity contribution < 1.29 is 18.9 Å². The van der Waals surface area contributed by atoms with Crippen molar-refractivity contribution in [1.29, 1.82) is 0 Å². The van der Waals surface area contributed by atoms with E-state index in [-0.39, 0.29) is 37.6 Å². The Morgan fingerprint density at radius 3 is 1.98 bits per heavy atom. The van der Waals surface area contributed by atoms with Crippen LogP contribution in [-0.2, 0) is 32.2 Å². The zero-order valence-electron chi connectivity index (χ0n) is 24.5. The van der Waals surface area contributed by atoms with Crippen molar-refractivity contribution >= 4 is 0 Å². The summed E-state index contributed by atoms with van der Waals surface area (Å²) in [6, 6.07) is 17.9. The highest BCUT2D eigenvalue weighted by molar-refractivity contribution is 5.15. The Morgan fingerprint density at radius 2 is 1.42 bits per heavy atom. The van der Waals surface area contributed by atoms with Crippen molar-refractivity contribution in [2.45, 2.75) is 82.3 Å². The van der Waals surface area contributed by atoms with Gasteiger partial charge in [-0.25, -0.2) is 0 Å². The Hall–Kier alpha value is -3.83. The predicted octanol–water partition coefficient (Wildman–Crippen LogP) is 6.20. The molecule has 1 aliphatic heterocycles. The molecule has 0 aromatic heterocycles. The van der Waals surface area contributed by atoms with Gasteiger partial charge in [-0.05, 0) is 53.0 Å². The molecular weight excluding hydrogens is 552 g/mol. The first-order valence-electron chi connectivity index (χ1n) is 14.4. The monoisotopic (exact) mass is 590 g/mol. The lowest BCUT2D eigenvalue weighted by atomic mass is 9.73. The second-order valence-electron chi connectivity index (χ2n) is 10.9. The molecule has 0 radical (unpaired) electrons. The zero-order valence-corrected chi connectivity index (χ0v) is 24.5. The molecule has 2 fully saturated rings. The summed E-state index contributed by atoms with van der Waals surface area (Å²) in [5.41, 5.74) is 30.0. The summed E-state index contributed by atoms with van der Waals surface area (Å²) >= 11 is 0. The van der Waals surface area contributed by atoms with Crippen molar-refractivity contribution in [1.82, 2.24) is 5.32 Å². The van der Waals surface area contributed by atoms with E-state index in [2.05, 4.69) is 42.3 Å². The molecule has 4 rings (SSSR count). The molecule has 2 aromatic carbocycles. The highest BCUT2D eigenvalue weighted by atomic mass is 16.7. The van der Waals surface area contributed by atoms with E-state index in [4.69, 9.17) is 24.5 Å². The number of benzene rings is 2. The average molecular weight is 591 g/mol. The number of azide groups is 3. The summed E-state index contributed by atoms with van der Waals surface area (Å²) in [6.45, 7) is 4.52. The van der Waals surface area contributed by atoms with Crippen molar-refractivity contribution in [3.63, 3.8) is 0 Å². The molecule has 43 heavy (non-hydrogen) atoms. The van der Waals surface area contributed by atoms with E-state index in [1.165, 1.54) is 0 Å². The SMILES string of the molecule is CN[C@@H]1CC(N=[N+]=[N-])[C@@H](O[C@H]2OC(CN=[N+]=[N-])[C@@H](OCc3ccccc3)[C@H](OCc3ccccc3)C2N=[N+]=[N-])[C@H](C)C1C. The summed E-state index contributed by atoms with van der Waals surface area (Å²) in [5, 5.41) is 15.3. The van der Waals surface area contributed by atoms with Crippen molar-refractivity contribution in [2.75, 3.05) is 13.6 Å². The second-order valence-corrected chi connectivity index (χ2v) is 10.9. The number of nitrogens with zero attached hydrogens (tertiary/aromatic N) is 9. The summed E-state index contributed by atoms with van der Waals surface area (Å²) in [6.07, 6.45) is -3.43. The fourth-order valence-electron chi connectivity index (χ4n) is 5.93. The molecule has 0 bridgehead atoms. The number of nitrogens with one attached hydrogen (secondary N) is 1. The molecule has 1 N–H and O–H groups in total. The van der Waals surface area contributed by atoms with Crippen molar-refractivity contribution in [3.8, 4) is 0 Å². The molecule has 1 heterocycles. The topological polar surface area (TPSA) is 195 Å². The van der Waals surface area contributed by atoms with Gasteiger partial charge < -0.3 is 24.3 Å². The van der Waals surface area contributed by atoms with Crippen LogP contribution < -0.4 is 5.32 Å². The van der Waals surface area contributed by atoms with Crippen LogP contribution in [0.1, 0.15) is 31.4 Å². The first kappa shape index (κ1) is 32.1. The number of hydrogen-bond donors (Lipinski definition) is 1. The van der Waals surface area contributed by atoms with Crippen LogP contribution in [0.2, 0.25) is 0 Å². The van der Waals surface area contributed by atoms with Gasteiger partial charge >= 0.3 is 0 Å². The van der Waals surface area contributed by atoms with E-state index in [1.807, 2.05) is 74.6 Å². The first-order chi connectivity index (χ1) is 21.0. The van der Waals surface area contributed by atoms with E-state index < -0.39 is 42.8 Å². The van der Waals surface area contributed by atoms with Gasteiger partial charge in [-0.15, -0.1) is 0 Å². The number of hydrogen-bond acceptors (Lipinski definition) is 8. The molecule has 4 unspecified atom stereocenters. The van der Waals surface area contributed by atoms with Crippen LogP contribution in [0.25, 0.3) is 31.3 Å². The van der Waals surface area contributed by atoms with Gasteiger partial charge in [-0.3, -0.25) is 0 Å². The molecule has 0 spiro atoms. The first-order valence-corrected chi connectivity index (χ1v) is 14.4. The van der Waals surface area contributed by atoms with Gasteiger partial charge in [0, 0.05) is 20.8 Å². The lowest BCUT2D eigenvalue weighted by Crippen LogP contribution is -2.62. The summed E-state index contributed by atoms with van der Waals surface area (Å²) < 4.78 is 25.8. The summed E-state index contributed by atoms with van der Waals surface area (Å²) in [4.78, 5) is 9.13. The largest absolute Gasteiger partial charge is 0.370 e. The molecule has 14 nitrogen and oxygen atoms in total. The van der Waals surface area contributed by atoms with E-state index >= 15 is 0 Å². The Kier molecular flexibility index (Phi) is 12.0. The molecule has 2 aliphatic rings. The van der Waals surface area contributed by atoms with Crippen LogP contribution in [0.3, 0.4) is 0 Å². The maximum absolute atomic E-state index is 9.65. The third kappa shape index (κ3) is 8.17. The molecular formula is C29H38N10O4. The lowest BCUT2D eigenvalue weighted by Gasteiger charge is -2.48. The molecule has 1 aliphatic carbocycles. The minimum absolute atomic E-state index is 0.0386. The van der Waals surface area contributed by atoms with E-state index in [9.17, 15) is 11.1 Å². The third-order valence-electron chi connectivity index (χ3n) is 8.41. The zero-order chi connectivity index (χ0) is 30.6. The fraction of sp³-hybridized carbons (Fsp3) is 0.586. The van der Waals surface area contributed by atoms with Gasteiger partial charge in [-0.1, -0.05) is 89.9 Å². The number of ether oxygens (including phenoxy) is 4. The van der Waals surface area contributed by atoms with Crippen molar-refractivity contribution in [3.05, 3.63) is 103 Å². The highest BCUT2D eigenvalue weighted by Gasteiger charge is 2.50. The quantitative estimate of drug-likeness (QED) is 0.164. The fourth-order valence-corrected chi connectivity index (χ4v) is 5.93.